The molecule has 2 aliphatic heterocycles. The molecule has 3 N–H and O–H groups in total. The van der Waals surface area contributed by atoms with Gasteiger partial charge < -0.3 is 16.0 Å². The predicted octanol–water partition coefficient (Wildman–Crippen LogP) is 1.07. The van der Waals surface area contributed by atoms with Crippen LogP contribution in [-0.2, 0) is 0 Å². The average Bonchev–Trinajstić information content (AvgIpc) is 3.13. The molecule has 8 heteroatoms. The van der Waals surface area contributed by atoms with Gasteiger partial charge in [0.2, 0.25) is 0 Å². The summed E-state index contributed by atoms with van der Waals surface area (Å²) in [6.07, 6.45) is 1.80. The van der Waals surface area contributed by atoms with Gasteiger partial charge in [-0.05, 0) is 30.2 Å². The third-order valence-electron chi connectivity index (χ3n) is 5.61. The number of nitrogens with one attached hydrogen (secondary N) is 3. The van der Waals surface area contributed by atoms with Gasteiger partial charge in [0, 0.05) is 56.9 Å². The van der Waals surface area contributed by atoms with Crippen LogP contribution < -0.4 is 16.0 Å². The van der Waals surface area contributed by atoms with E-state index in [1.54, 1.807) is 6.20 Å². The molecule has 0 radical (unpaired) electrons. The lowest BCUT2D eigenvalue weighted by molar-refractivity contribution is 0.0946. The zero-order valence-corrected chi connectivity index (χ0v) is 16.3. The number of carbonyl (C=O) groups excluding carboxylic acids is 1. The molecule has 0 spiro atoms. The molecule has 2 aromatic heterocycles. The van der Waals surface area contributed by atoms with Crippen molar-refractivity contribution in [3.8, 4) is 11.3 Å². The number of hydrogen-bond donors (Lipinski definition) is 3. The molecule has 4 heterocycles. The molecular formula is C21H25N7O. The number of nitrogens with zero attached hydrogens (tertiary/aromatic N) is 4. The minimum Gasteiger partial charge on any atom is -0.367 e. The number of anilines is 1. The summed E-state index contributed by atoms with van der Waals surface area (Å²) in [7, 11) is 0. The Bertz CT molecular complexity index is 1030. The van der Waals surface area contributed by atoms with Crippen molar-refractivity contribution in [1.82, 2.24) is 30.1 Å². The first-order valence-corrected chi connectivity index (χ1v) is 10.2. The molecule has 29 heavy (non-hydrogen) atoms. The monoisotopic (exact) mass is 391 g/mol. The molecule has 0 saturated carbocycles. The van der Waals surface area contributed by atoms with E-state index < -0.39 is 0 Å². The fourth-order valence-electron chi connectivity index (χ4n) is 3.89. The highest BCUT2D eigenvalue weighted by atomic mass is 16.1. The maximum atomic E-state index is 12.7. The summed E-state index contributed by atoms with van der Waals surface area (Å²) in [6, 6.07) is 11.6. The Morgan fingerprint density at radius 3 is 2.69 bits per heavy atom. The van der Waals surface area contributed by atoms with Crippen LogP contribution in [0.25, 0.3) is 16.9 Å². The molecule has 8 nitrogen and oxygen atoms in total. The summed E-state index contributed by atoms with van der Waals surface area (Å²) >= 11 is 0. The quantitative estimate of drug-likeness (QED) is 0.606. The van der Waals surface area contributed by atoms with Gasteiger partial charge in [0.15, 0.2) is 5.65 Å². The Labute approximate surface area is 169 Å². The normalized spacial score (nSPS) is 18.6. The minimum absolute atomic E-state index is 0.0485. The van der Waals surface area contributed by atoms with Crippen LogP contribution >= 0.6 is 0 Å². The van der Waals surface area contributed by atoms with Crippen molar-refractivity contribution in [3.05, 3.63) is 48.2 Å². The zero-order valence-electron chi connectivity index (χ0n) is 16.3. The Hall–Kier alpha value is -2.97. The second-order valence-corrected chi connectivity index (χ2v) is 7.72. The Balaban J connectivity index is 1.47. The predicted molar refractivity (Wildman–Crippen MR) is 112 cm³/mol. The highest BCUT2D eigenvalue weighted by Gasteiger charge is 2.20. The Kier molecular flexibility index (Phi) is 4.87. The molecule has 5 rings (SSSR count). The van der Waals surface area contributed by atoms with Gasteiger partial charge in [-0.25, -0.2) is 9.50 Å². The summed E-state index contributed by atoms with van der Waals surface area (Å²) in [5.41, 5.74) is 3.22. The summed E-state index contributed by atoms with van der Waals surface area (Å²) in [5, 5.41) is 14.6. The van der Waals surface area contributed by atoms with Crippen molar-refractivity contribution in [2.75, 3.05) is 51.1 Å². The van der Waals surface area contributed by atoms with Crippen molar-refractivity contribution in [1.29, 1.82) is 0 Å². The van der Waals surface area contributed by atoms with Gasteiger partial charge in [-0.3, -0.25) is 9.69 Å². The Morgan fingerprint density at radius 2 is 1.86 bits per heavy atom. The molecule has 1 saturated heterocycles. The summed E-state index contributed by atoms with van der Waals surface area (Å²) < 4.78 is 1.83. The molecule has 4 bridgehead atoms. The third kappa shape index (κ3) is 3.81. The van der Waals surface area contributed by atoms with Crippen LogP contribution in [0.5, 0.6) is 0 Å². The molecule has 0 atom stereocenters. The second-order valence-electron chi connectivity index (χ2n) is 7.72. The minimum atomic E-state index is -0.0485. The number of amides is 1. The van der Waals surface area contributed by atoms with Crippen molar-refractivity contribution >= 4 is 17.4 Å². The number of imidazole rings is 1. The van der Waals surface area contributed by atoms with E-state index in [1.807, 2.05) is 40.9 Å². The number of rotatable bonds is 2. The first-order valence-electron chi connectivity index (χ1n) is 10.2. The number of carbonyl (C=O) groups is 1. The van der Waals surface area contributed by atoms with Crippen LogP contribution in [0.1, 0.15) is 10.4 Å². The number of aromatic nitrogens is 3. The molecular weight excluding hydrogens is 366 g/mol. The van der Waals surface area contributed by atoms with Crippen LogP contribution in [0, 0.1) is 5.92 Å². The molecule has 0 aliphatic carbocycles. The summed E-state index contributed by atoms with van der Waals surface area (Å²) in [6.45, 7) is 6.35. The van der Waals surface area contributed by atoms with Gasteiger partial charge in [0.25, 0.3) is 5.91 Å². The van der Waals surface area contributed by atoms with Crippen LogP contribution in [0.3, 0.4) is 0 Å². The van der Waals surface area contributed by atoms with E-state index in [0.29, 0.717) is 18.0 Å². The lowest BCUT2D eigenvalue weighted by Gasteiger charge is -2.33. The van der Waals surface area contributed by atoms with Crippen LogP contribution in [0.4, 0.5) is 5.82 Å². The van der Waals surface area contributed by atoms with Crippen molar-refractivity contribution in [2.45, 2.75) is 0 Å². The van der Waals surface area contributed by atoms with E-state index in [4.69, 9.17) is 5.10 Å². The molecule has 1 aromatic carbocycles. The topological polar surface area (TPSA) is 86.6 Å². The largest absolute Gasteiger partial charge is 0.367 e. The van der Waals surface area contributed by atoms with Crippen LogP contribution in [0.15, 0.2) is 42.6 Å². The zero-order chi connectivity index (χ0) is 19.6. The summed E-state index contributed by atoms with van der Waals surface area (Å²) in [5.74, 6) is 1.46. The van der Waals surface area contributed by atoms with E-state index in [0.717, 1.165) is 62.0 Å². The van der Waals surface area contributed by atoms with Gasteiger partial charge >= 0.3 is 0 Å². The van der Waals surface area contributed by atoms with E-state index in [-0.39, 0.29) is 5.91 Å². The molecule has 150 valence electrons. The second kappa shape index (κ2) is 7.81. The lowest BCUT2D eigenvalue weighted by atomic mass is 10.0. The van der Waals surface area contributed by atoms with E-state index in [2.05, 4.69) is 25.8 Å². The first-order chi connectivity index (χ1) is 14.3. The maximum absolute atomic E-state index is 12.7. The average molecular weight is 391 g/mol. The van der Waals surface area contributed by atoms with Crippen molar-refractivity contribution < 1.29 is 4.79 Å². The SMILES string of the molecule is O=C1NCCN(CC2CNC2)CCNc2ccc3ncc(n3n2)-c2cccc1c2. The number of benzene rings is 1. The summed E-state index contributed by atoms with van der Waals surface area (Å²) in [4.78, 5) is 19.5. The first kappa shape index (κ1) is 18.1. The van der Waals surface area contributed by atoms with Crippen LogP contribution in [0.2, 0.25) is 0 Å². The van der Waals surface area contributed by atoms with Gasteiger partial charge in [-0.2, -0.15) is 0 Å². The highest BCUT2D eigenvalue weighted by Crippen LogP contribution is 2.22. The third-order valence-corrected chi connectivity index (χ3v) is 5.61. The van der Waals surface area contributed by atoms with Crippen molar-refractivity contribution in [3.63, 3.8) is 0 Å². The molecule has 1 amide bonds. The van der Waals surface area contributed by atoms with E-state index >= 15 is 0 Å². The van der Waals surface area contributed by atoms with E-state index in [1.165, 1.54) is 0 Å². The Morgan fingerprint density at radius 1 is 1.03 bits per heavy atom. The fraction of sp³-hybridized carbons (Fsp3) is 0.381. The molecule has 3 aromatic rings. The van der Waals surface area contributed by atoms with Gasteiger partial charge in [0.05, 0.1) is 11.9 Å². The molecule has 1 fully saturated rings. The van der Waals surface area contributed by atoms with Crippen molar-refractivity contribution in [2.24, 2.45) is 5.92 Å². The number of hydrogen-bond acceptors (Lipinski definition) is 6. The number of fused-ring (bicyclic) bond motifs is 4. The highest BCUT2D eigenvalue weighted by molar-refractivity contribution is 5.95. The standard InChI is InChI=1S/C21H25N7O/c29-21-17-3-1-2-16(10-17)18-13-25-20-5-4-19(26-28(18)20)23-6-8-27(9-7-24-21)14-15-11-22-12-15/h1-5,10,13,15,22H,6-9,11-12,14H2,(H,23,26)(H,24,29). The molecule has 2 aliphatic rings. The smallest absolute Gasteiger partial charge is 0.251 e. The van der Waals surface area contributed by atoms with Gasteiger partial charge in [-0.1, -0.05) is 12.1 Å². The lowest BCUT2D eigenvalue weighted by Crippen LogP contribution is -2.50. The van der Waals surface area contributed by atoms with Crippen LogP contribution in [-0.4, -0.2) is 71.2 Å². The fourth-order valence-corrected chi connectivity index (χ4v) is 3.89. The van der Waals surface area contributed by atoms with Gasteiger partial charge in [0.1, 0.15) is 5.82 Å². The maximum Gasteiger partial charge on any atom is 0.251 e. The van der Waals surface area contributed by atoms with Gasteiger partial charge in [-0.15, -0.1) is 5.10 Å². The molecule has 0 unspecified atom stereocenters. The van der Waals surface area contributed by atoms with E-state index in [9.17, 15) is 4.79 Å².